The van der Waals surface area contributed by atoms with E-state index in [1.165, 1.54) is 6.42 Å². The van der Waals surface area contributed by atoms with Crippen molar-refractivity contribution in [3.05, 3.63) is 17.3 Å². The average molecular weight is 228 g/mol. The fourth-order valence-corrected chi connectivity index (χ4v) is 2.34. The number of aryl methyl sites for hydroxylation is 1. The van der Waals surface area contributed by atoms with Crippen LogP contribution in [0.5, 0.6) is 0 Å². The number of halogens is 1. The summed E-state index contributed by atoms with van der Waals surface area (Å²) in [6.07, 6.45) is 3.26. The molecule has 1 aliphatic carbocycles. The van der Waals surface area contributed by atoms with Gasteiger partial charge in [-0.1, -0.05) is 20.8 Å². The Hall–Kier alpha value is -0.500. The molecule has 0 spiro atoms. The molecular formula is C12H18ClNO. The number of oxazole rings is 1. The number of nitrogens with zero attached hydrogens (tertiary/aromatic N) is 1. The minimum absolute atomic E-state index is 0.359. The second kappa shape index (κ2) is 3.82. The summed E-state index contributed by atoms with van der Waals surface area (Å²) in [5.74, 6) is 2.83. The van der Waals surface area contributed by atoms with E-state index in [0.29, 0.717) is 23.1 Å². The van der Waals surface area contributed by atoms with Crippen molar-refractivity contribution in [1.29, 1.82) is 0 Å². The predicted molar refractivity (Wildman–Crippen MR) is 61.0 cm³/mol. The molecule has 0 radical (unpaired) electrons. The van der Waals surface area contributed by atoms with Crippen molar-refractivity contribution in [2.75, 3.05) is 0 Å². The van der Waals surface area contributed by atoms with Gasteiger partial charge in [0.25, 0.3) is 0 Å². The van der Waals surface area contributed by atoms with Gasteiger partial charge in [0, 0.05) is 6.42 Å². The van der Waals surface area contributed by atoms with E-state index in [1.807, 2.05) is 0 Å². The lowest BCUT2D eigenvalue weighted by Gasteiger charge is -2.32. The van der Waals surface area contributed by atoms with Gasteiger partial charge in [-0.2, -0.15) is 0 Å². The van der Waals surface area contributed by atoms with E-state index in [0.717, 1.165) is 24.3 Å². The van der Waals surface area contributed by atoms with Crippen LogP contribution in [0.3, 0.4) is 0 Å². The number of alkyl halides is 1. The topological polar surface area (TPSA) is 26.0 Å². The summed E-state index contributed by atoms with van der Waals surface area (Å²) >= 11 is 5.72. The molecule has 0 N–H and O–H groups in total. The van der Waals surface area contributed by atoms with E-state index in [2.05, 4.69) is 25.8 Å². The fourth-order valence-electron chi connectivity index (χ4n) is 2.23. The van der Waals surface area contributed by atoms with Crippen molar-refractivity contribution in [3.8, 4) is 0 Å². The van der Waals surface area contributed by atoms with Crippen LogP contribution in [0, 0.1) is 11.3 Å². The lowest BCUT2D eigenvalue weighted by atomic mass is 9.73. The van der Waals surface area contributed by atoms with Crippen molar-refractivity contribution in [2.45, 2.75) is 45.9 Å². The van der Waals surface area contributed by atoms with Gasteiger partial charge in [-0.3, -0.25) is 0 Å². The largest absolute Gasteiger partial charge is 0.444 e. The second-order valence-corrected chi connectivity index (χ2v) is 5.68. The van der Waals surface area contributed by atoms with E-state index in [-0.39, 0.29) is 0 Å². The van der Waals surface area contributed by atoms with Crippen molar-refractivity contribution in [2.24, 2.45) is 11.3 Å². The van der Waals surface area contributed by atoms with Crippen LogP contribution in [0.15, 0.2) is 4.42 Å². The Bertz CT molecular complexity index is 351. The molecule has 1 unspecified atom stereocenters. The molecule has 15 heavy (non-hydrogen) atoms. The van der Waals surface area contributed by atoms with E-state index >= 15 is 0 Å². The highest BCUT2D eigenvalue weighted by molar-refractivity contribution is 6.16. The van der Waals surface area contributed by atoms with Crippen LogP contribution in [0.1, 0.15) is 44.5 Å². The first-order valence-corrected chi connectivity index (χ1v) is 6.07. The van der Waals surface area contributed by atoms with Gasteiger partial charge in [0.2, 0.25) is 5.89 Å². The first-order valence-electron chi connectivity index (χ1n) is 5.54. The second-order valence-electron chi connectivity index (χ2n) is 5.42. The predicted octanol–water partition coefficient (Wildman–Crippen LogP) is 3.56. The highest BCUT2D eigenvalue weighted by atomic mass is 35.5. The maximum absolute atomic E-state index is 5.72. The maximum atomic E-state index is 5.72. The van der Waals surface area contributed by atoms with Crippen LogP contribution in [-0.4, -0.2) is 4.98 Å². The summed E-state index contributed by atoms with van der Waals surface area (Å²) in [6.45, 7) is 6.89. The van der Waals surface area contributed by atoms with Gasteiger partial charge in [-0.05, 0) is 24.2 Å². The number of fused-ring (bicyclic) bond motifs is 1. The van der Waals surface area contributed by atoms with Crippen LogP contribution in [0.2, 0.25) is 0 Å². The Balaban J connectivity index is 2.19. The molecule has 0 bridgehead atoms. The zero-order valence-corrected chi connectivity index (χ0v) is 10.4. The molecule has 0 saturated heterocycles. The normalized spacial score (nSPS) is 21.5. The fraction of sp³-hybridized carbons (Fsp3) is 0.750. The van der Waals surface area contributed by atoms with E-state index in [1.54, 1.807) is 0 Å². The summed E-state index contributed by atoms with van der Waals surface area (Å²) in [7, 11) is 0. The minimum Gasteiger partial charge on any atom is -0.444 e. The van der Waals surface area contributed by atoms with Gasteiger partial charge in [0.15, 0.2) is 0 Å². The number of aromatic nitrogens is 1. The number of hydrogen-bond donors (Lipinski definition) is 0. The molecule has 1 aromatic rings. The Kier molecular flexibility index (Phi) is 2.80. The Morgan fingerprint density at radius 2 is 2.20 bits per heavy atom. The standard InChI is InChI=1S/C12H18ClNO/c1-12(2,3)8-4-5-10-9(6-8)14-11(7-13)15-10/h8H,4-7H2,1-3H3. The third-order valence-electron chi connectivity index (χ3n) is 3.32. The lowest BCUT2D eigenvalue weighted by Crippen LogP contribution is -2.26. The quantitative estimate of drug-likeness (QED) is 0.686. The summed E-state index contributed by atoms with van der Waals surface area (Å²) in [5.41, 5.74) is 1.49. The monoisotopic (exact) mass is 227 g/mol. The maximum Gasteiger partial charge on any atom is 0.209 e. The molecule has 84 valence electrons. The van der Waals surface area contributed by atoms with Gasteiger partial charge >= 0.3 is 0 Å². The van der Waals surface area contributed by atoms with Gasteiger partial charge in [-0.25, -0.2) is 4.98 Å². The first-order chi connectivity index (χ1) is 7.00. The van der Waals surface area contributed by atoms with Gasteiger partial charge in [0.1, 0.15) is 5.76 Å². The minimum atomic E-state index is 0.359. The van der Waals surface area contributed by atoms with Crippen molar-refractivity contribution in [1.82, 2.24) is 4.98 Å². The highest BCUT2D eigenvalue weighted by Gasteiger charge is 2.31. The molecule has 0 fully saturated rings. The van der Waals surface area contributed by atoms with Gasteiger partial charge < -0.3 is 4.42 Å². The Labute approximate surface area is 96.0 Å². The number of hydrogen-bond acceptors (Lipinski definition) is 2. The van der Waals surface area contributed by atoms with Crippen LogP contribution in [0.4, 0.5) is 0 Å². The summed E-state index contributed by atoms with van der Waals surface area (Å²) in [5, 5.41) is 0. The van der Waals surface area contributed by atoms with Gasteiger partial charge in [0.05, 0.1) is 11.6 Å². The summed E-state index contributed by atoms with van der Waals surface area (Å²) in [4.78, 5) is 4.43. The number of rotatable bonds is 1. The highest BCUT2D eigenvalue weighted by Crippen LogP contribution is 2.37. The van der Waals surface area contributed by atoms with E-state index in [9.17, 15) is 0 Å². The molecule has 1 heterocycles. The molecule has 1 aromatic heterocycles. The molecule has 1 aliphatic rings. The Morgan fingerprint density at radius 1 is 1.47 bits per heavy atom. The molecule has 2 nitrogen and oxygen atoms in total. The molecule has 0 aromatic carbocycles. The Morgan fingerprint density at radius 3 is 2.80 bits per heavy atom. The van der Waals surface area contributed by atoms with Crippen molar-refractivity contribution >= 4 is 11.6 Å². The molecular weight excluding hydrogens is 210 g/mol. The molecule has 0 amide bonds. The molecule has 2 rings (SSSR count). The average Bonchev–Trinajstić information content (AvgIpc) is 2.57. The molecule has 3 heteroatoms. The van der Waals surface area contributed by atoms with Crippen LogP contribution in [0.25, 0.3) is 0 Å². The lowest BCUT2D eigenvalue weighted by molar-refractivity contribution is 0.208. The first kappa shape index (κ1) is 11.0. The third kappa shape index (κ3) is 2.20. The van der Waals surface area contributed by atoms with Crippen molar-refractivity contribution < 1.29 is 4.42 Å². The summed E-state index contributed by atoms with van der Waals surface area (Å²) in [6, 6.07) is 0. The molecule has 0 saturated carbocycles. The summed E-state index contributed by atoms with van der Waals surface area (Å²) < 4.78 is 5.57. The van der Waals surface area contributed by atoms with Gasteiger partial charge in [-0.15, -0.1) is 11.6 Å². The van der Waals surface area contributed by atoms with Crippen LogP contribution >= 0.6 is 11.6 Å². The molecule has 0 aliphatic heterocycles. The zero-order chi connectivity index (χ0) is 11.1. The molecule has 1 atom stereocenters. The van der Waals surface area contributed by atoms with Crippen molar-refractivity contribution in [3.63, 3.8) is 0 Å². The van der Waals surface area contributed by atoms with E-state index in [4.69, 9.17) is 16.0 Å². The third-order valence-corrected chi connectivity index (χ3v) is 3.55. The van der Waals surface area contributed by atoms with E-state index < -0.39 is 0 Å². The smallest absolute Gasteiger partial charge is 0.209 e. The zero-order valence-electron chi connectivity index (χ0n) is 9.64. The van der Waals surface area contributed by atoms with Crippen LogP contribution in [-0.2, 0) is 18.7 Å². The SMILES string of the molecule is CC(C)(C)C1CCc2oc(CCl)nc2C1. The van der Waals surface area contributed by atoms with Crippen LogP contribution < -0.4 is 0 Å².